The lowest BCUT2D eigenvalue weighted by Gasteiger charge is -2.16. The van der Waals surface area contributed by atoms with Crippen molar-refractivity contribution < 1.29 is 14.3 Å². The van der Waals surface area contributed by atoms with E-state index >= 15 is 0 Å². The molecule has 0 N–H and O–H groups in total. The Labute approximate surface area is 217 Å². The molecule has 1 fully saturated rings. The minimum atomic E-state index is -0.0746. The second-order valence-corrected chi connectivity index (χ2v) is 10.0. The van der Waals surface area contributed by atoms with Crippen LogP contribution in [0.5, 0.6) is 11.5 Å². The molecular weight excluding hydrogens is 468 g/mol. The molecule has 36 heavy (non-hydrogen) atoms. The quantitative estimate of drug-likeness (QED) is 0.324. The molecule has 3 aromatic rings. The van der Waals surface area contributed by atoms with Gasteiger partial charge < -0.3 is 9.47 Å². The van der Waals surface area contributed by atoms with Gasteiger partial charge in [-0.25, -0.2) is 4.99 Å². The van der Waals surface area contributed by atoms with Crippen LogP contribution in [0.25, 0.3) is 6.08 Å². The Bertz CT molecular complexity index is 1320. The lowest BCUT2D eigenvalue weighted by molar-refractivity contribution is -0.121. The number of hydrogen-bond acceptors (Lipinski definition) is 5. The van der Waals surface area contributed by atoms with E-state index in [1.54, 1.807) is 11.9 Å². The summed E-state index contributed by atoms with van der Waals surface area (Å²) in [4.78, 5) is 19.7. The molecule has 1 heterocycles. The molecule has 0 spiro atoms. The summed E-state index contributed by atoms with van der Waals surface area (Å²) in [6, 6.07) is 18.1. The smallest absolute Gasteiger partial charge is 0.266 e. The highest BCUT2D eigenvalue weighted by atomic mass is 32.2. The Morgan fingerprint density at radius 2 is 1.58 bits per heavy atom. The average Bonchev–Trinajstić information content (AvgIpc) is 3.09. The number of carbonyl (C=O) groups excluding carboxylic acids is 1. The summed E-state index contributed by atoms with van der Waals surface area (Å²) in [6.07, 6.45) is 1.88. The first-order chi connectivity index (χ1) is 17.2. The maximum absolute atomic E-state index is 12.9. The van der Waals surface area contributed by atoms with E-state index in [0.29, 0.717) is 34.8 Å². The number of amidine groups is 1. The van der Waals surface area contributed by atoms with Crippen molar-refractivity contribution in [3.05, 3.63) is 92.9 Å². The van der Waals surface area contributed by atoms with Gasteiger partial charge in [0.1, 0.15) is 6.61 Å². The molecule has 6 heteroatoms. The first-order valence-corrected chi connectivity index (χ1v) is 12.9. The fourth-order valence-corrected chi connectivity index (χ4v) is 5.11. The summed E-state index contributed by atoms with van der Waals surface area (Å²) >= 11 is 1.37. The van der Waals surface area contributed by atoms with E-state index in [1.807, 2.05) is 62.4 Å². The summed E-state index contributed by atoms with van der Waals surface area (Å²) in [6.45, 7) is 11.3. The summed E-state index contributed by atoms with van der Waals surface area (Å²) in [7, 11) is 1.75. The maximum atomic E-state index is 12.9. The van der Waals surface area contributed by atoms with Crippen molar-refractivity contribution in [2.45, 2.75) is 41.2 Å². The zero-order chi connectivity index (χ0) is 25.8. The average molecular weight is 501 g/mol. The molecule has 1 aliphatic rings. The van der Waals surface area contributed by atoms with E-state index in [0.717, 1.165) is 11.3 Å². The normalized spacial score (nSPS) is 15.7. The van der Waals surface area contributed by atoms with Crippen LogP contribution in [0.15, 0.2) is 64.5 Å². The number of likely N-dealkylation sites (N-methyl/N-ethyl adjacent to an activating group) is 1. The molecule has 0 aromatic heterocycles. The van der Waals surface area contributed by atoms with Crippen LogP contribution in [-0.2, 0) is 11.4 Å². The van der Waals surface area contributed by atoms with Gasteiger partial charge in [-0.05, 0) is 99.0 Å². The molecule has 0 bridgehead atoms. The number of hydrogen-bond donors (Lipinski definition) is 0. The van der Waals surface area contributed by atoms with Crippen molar-refractivity contribution in [1.29, 1.82) is 0 Å². The van der Waals surface area contributed by atoms with E-state index in [9.17, 15) is 4.79 Å². The molecule has 3 aromatic carbocycles. The number of ether oxygens (including phenoxy) is 2. The molecule has 0 atom stereocenters. The Hall–Kier alpha value is -3.51. The third kappa shape index (κ3) is 5.82. The van der Waals surface area contributed by atoms with Gasteiger partial charge >= 0.3 is 0 Å². The van der Waals surface area contributed by atoms with Crippen molar-refractivity contribution >= 4 is 34.6 Å². The fraction of sp³-hybridized carbons (Fsp3) is 0.267. The van der Waals surface area contributed by atoms with Crippen LogP contribution in [0.2, 0.25) is 0 Å². The van der Waals surface area contributed by atoms with E-state index in [-0.39, 0.29) is 5.91 Å². The van der Waals surface area contributed by atoms with Gasteiger partial charge in [0, 0.05) is 7.05 Å². The highest BCUT2D eigenvalue weighted by Crippen LogP contribution is 2.35. The van der Waals surface area contributed by atoms with Crippen LogP contribution in [0.3, 0.4) is 0 Å². The SMILES string of the molecule is CCOc1cc(/C=C2/SC(=Nc3ccc(C)cc3)N(C)C2=O)ccc1OCc1c(C)cc(C)cc1C. The van der Waals surface area contributed by atoms with E-state index in [4.69, 9.17) is 9.47 Å². The van der Waals surface area contributed by atoms with Crippen molar-refractivity contribution in [3.63, 3.8) is 0 Å². The molecular formula is C30H32N2O3S. The van der Waals surface area contributed by atoms with Crippen LogP contribution in [0.4, 0.5) is 5.69 Å². The minimum absolute atomic E-state index is 0.0746. The van der Waals surface area contributed by atoms with Gasteiger partial charge in [-0.15, -0.1) is 0 Å². The third-order valence-electron chi connectivity index (χ3n) is 6.04. The molecule has 1 saturated heterocycles. The number of thioether (sulfide) groups is 1. The number of rotatable bonds is 7. The first-order valence-electron chi connectivity index (χ1n) is 12.0. The van der Waals surface area contributed by atoms with Gasteiger partial charge in [0.2, 0.25) is 0 Å². The number of aliphatic imine (C=N–C) groups is 1. The van der Waals surface area contributed by atoms with Crippen molar-refractivity contribution in [1.82, 2.24) is 4.90 Å². The van der Waals surface area contributed by atoms with Gasteiger partial charge in [0.15, 0.2) is 16.7 Å². The maximum Gasteiger partial charge on any atom is 0.266 e. The first kappa shape index (κ1) is 25.6. The second-order valence-electron chi connectivity index (χ2n) is 9.01. The van der Waals surface area contributed by atoms with Gasteiger partial charge in [0.05, 0.1) is 17.2 Å². The summed E-state index contributed by atoms with van der Waals surface area (Å²) in [5.74, 6) is 1.27. The van der Waals surface area contributed by atoms with Crippen LogP contribution >= 0.6 is 11.8 Å². The van der Waals surface area contributed by atoms with Gasteiger partial charge in [0.25, 0.3) is 5.91 Å². The molecule has 4 rings (SSSR count). The monoisotopic (exact) mass is 500 g/mol. The fourth-order valence-electron chi connectivity index (χ4n) is 4.12. The molecule has 1 amide bonds. The van der Waals surface area contributed by atoms with E-state index < -0.39 is 0 Å². The Morgan fingerprint density at radius 3 is 2.25 bits per heavy atom. The molecule has 0 radical (unpaired) electrons. The topological polar surface area (TPSA) is 51.1 Å². The van der Waals surface area contributed by atoms with Gasteiger partial charge in [-0.1, -0.05) is 41.5 Å². The number of nitrogens with zero attached hydrogens (tertiary/aromatic N) is 2. The van der Waals surface area contributed by atoms with Crippen LogP contribution in [0, 0.1) is 27.7 Å². The molecule has 0 saturated carbocycles. The molecule has 186 valence electrons. The van der Waals surface area contributed by atoms with Crippen molar-refractivity contribution in [3.8, 4) is 11.5 Å². The summed E-state index contributed by atoms with van der Waals surface area (Å²) < 4.78 is 12.1. The van der Waals surface area contributed by atoms with Crippen molar-refractivity contribution in [2.24, 2.45) is 4.99 Å². The van der Waals surface area contributed by atoms with E-state index in [1.165, 1.54) is 39.6 Å². The zero-order valence-corrected chi connectivity index (χ0v) is 22.5. The molecule has 1 aliphatic heterocycles. The van der Waals surface area contributed by atoms with Crippen LogP contribution in [0.1, 0.15) is 40.3 Å². The lowest BCUT2D eigenvalue weighted by atomic mass is 10.0. The largest absolute Gasteiger partial charge is 0.490 e. The number of carbonyl (C=O) groups is 1. The minimum Gasteiger partial charge on any atom is -0.490 e. The number of amides is 1. The predicted octanol–water partition coefficient (Wildman–Crippen LogP) is 7.13. The summed E-state index contributed by atoms with van der Waals surface area (Å²) in [5, 5.41) is 0.656. The molecule has 5 nitrogen and oxygen atoms in total. The van der Waals surface area contributed by atoms with Crippen LogP contribution < -0.4 is 9.47 Å². The predicted molar refractivity (Wildman–Crippen MR) is 149 cm³/mol. The Kier molecular flexibility index (Phi) is 7.85. The number of benzene rings is 3. The Balaban J connectivity index is 1.55. The molecule has 0 aliphatic carbocycles. The highest BCUT2D eigenvalue weighted by Gasteiger charge is 2.30. The molecule has 0 unspecified atom stereocenters. The third-order valence-corrected chi connectivity index (χ3v) is 7.10. The van der Waals surface area contributed by atoms with Gasteiger partial charge in [-0.3, -0.25) is 9.69 Å². The standard InChI is InChI=1S/C30H32N2O3S/c1-7-34-27-16-23(10-13-26(27)35-18-25-21(4)14-20(3)15-22(25)5)17-28-29(33)32(6)30(36-28)31-24-11-8-19(2)9-12-24/h8-17H,7,18H2,1-6H3/b28-17+,31-30?. The van der Waals surface area contributed by atoms with E-state index in [2.05, 4.69) is 37.9 Å². The lowest BCUT2D eigenvalue weighted by Crippen LogP contribution is -2.23. The Morgan fingerprint density at radius 1 is 0.889 bits per heavy atom. The van der Waals surface area contributed by atoms with Crippen LogP contribution in [-0.4, -0.2) is 29.6 Å². The highest BCUT2D eigenvalue weighted by molar-refractivity contribution is 8.18. The summed E-state index contributed by atoms with van der Waals surface area (Å²) in [5.41, 5.74) is 7.73. The second kappa shape index (κ2) is 11.0. The zero-order valence-electron chi connectivity index (χ0n) is 21.7. The van der Waals surface area contributed by atoms with Gasteiger partial charge in [-0.2, -0.15) is 0 Å². The number of aryl methyl sites for hydroxylation is 4. The van der Waals surface area contributed by atoms with Crippen molar-refractivity contribution in [2.75, 3.05) is 13.7 Å².